The molecule has 1 aliphatic rings. The Bertz CT molecular complexity index is 936. The van der Waals surface area contributed by atoms with E-state index in [0.29, 0.717) is 23.8 Å². The molecule has 0 amide bonds. The highest BCUT2D eigenvalue weighted by Gasteiger charge is 2.31. The van der Waals surface area contributed by atoms with Crippen molar-refractivity contribution >= 4 is 23.1 Å². The second-order valence-corrected chi connectivity index (χ2v) is 7.35. The average Bonchev–Trinajstić information content (AvgIpc) is 3.13. The molecule has 30 heavy (non-hydrogen) atoms. The first kappa shape index (κ1) is 22.0. The van der Waals surface area contributed by atoms with Crippen molar-refractivity contribution in [1.82, 2.24) is 0 Å². The number of hydrogen-bond acceptors (Lipinski definition) is 3. The van der Waals surface area contributed by atoms with Crippen LogP contribution in [0.25, 0.3) is 5.57 Å². The van der Waals surface area contributed by atoms with Crippen molar-refractivity contribution in [1.29, 1.82) is 0 Å². The lowest BCUT2D eigenvalue weighted by molar-refractivity contribution is -0.274. The third-order valence-electron chi connectivity index (χ3n) is 4.81. The van der Waals surface area contributed by atoms with Gasteiger partial charge in [0.15, 0.2) is 0 Å². The number of ether oxygens (including phenoxy) is 2. The third-order valence-corrected chi connectivity index (χ3v) is 5.17. The maximum absolute atomic E-state index is 12.3. The normalized spacial score (nSPS) is 14.1. The standard InChI is InChI=1S/C22H20ClF3O4/c23-20-12-18(10-6-15(20)7-11-21(27)28)29-13-16-2-1-3-19(16)14-4-8-17(9-5-14)30-22(24,25)26/h4-6,8-10,12H,1-3,7,11,13H2,(H,27,28). The van der Waals surface area contributed by atoms with Crippen LogP contribution in [0, 0.1) is 0 Å². The molecule has 0 saturated carbocycles. The number of rotatable bonds is 8. The summed E-state index contributed by atoms with van der Waals surface area (Å²) in [7, 11) is 0. The van der Waals surface area contributed by atoms with Gasteiger partial charge in [-0.25, -0.2) is 0 Å². The molecule has 4 nitrogen and oxygen atoms in total. The van der Waals surface area contributed by atoms with Crippen molar-refractivity contribution in [3.8, 4) is 11.5 Å². The molecule has 0 spiro atoms. The summed E-state index contributed by atoms with van der Waals surface area (Å²) < 4.78 is 46.7. The molecular weight excluding hydrogens is 421 g/mol. The Balaban J connectivity index is 1.66. The molecule has 160 valence electrons. The Morgan fingerprint density at radius 2 is 1.77 bits per heavy atom. The number of carboxylic acids is 1. The zero-order chi connectivity index (χ0) is 21.7. The van der Waals surface area contributed by atoms with E-state index in [-0.39, 0.29) is 12.2 Å². The molecule has 0 fully saturated rings. The van der Waals surface area contributed by atoms with Gasteiger partial charge >= 0.3 is 12.3 Å². The van der Waals surface area contributed by atoms with Crippen LogP contribution < -0.4 is 9.47 Å². The van der Waals surface area contributed by atoms with Crippen LogP contribution in [0.1, 0.15) is 36.8 Å². The van der Waals surface area contributed by atoms with Gasteiger partial charge in [0.1, 0.15) is 18.1 Å². The van der Waals surface area contributed by atoms with Gasteiger partial charge in [-0.15, -0.1) is 13.2 Å². The molecule has 3 rings (SSSR count). The van der Waals surface area contributed by atoms with Gasteiger partial charge in [0, 0.05) is 11.4 Å². The lowest BCUT2D eigenvalue weighted by Crippen LogP contribution is -2.17. The minimum absolute atomic E-state index is 0.00295. The van der Waals surface area contributed by atoms with Crippen molar-refractivity contribution in [2.75, 3.05) is 6.61 Å². The molecule has 1 N–H and O–H groups in total. The van der Waals surface area contributed by atoms with Crippen molar-refractivity contribution in [2.45, 2.75) is 38.5 Å². The second-order valence-electron chi connectivity index (χ2n) is 6.94. The highest BCUT2D eigenvalue weighted by molar-refractivity contribution is 6.31. The Labute approximate surface area is 176 Å². The summed E-state index contributed by atoms with van der Waals surface area (Å²) >= 11 is 6.22. The third kappa shape index (κ3) is 6.16. The highest BCUT2D eigenvalue weighted by atomic mass is 35.5. The molecule has 0 unspecified atom stereocenters. The smallest absolute Gasteiger partial charge is 0.489 e. The van der Waals surface area contributed by atoms with Crippen LogP contribution in [0.5, 0.6) is 11.5 Å². The molecular formula is C22H20ClF3O4. The molecule has 2 aromatic rings. The Morgan fingerprint density at radius 3 is 2.40 bits per heavy atom. The van der Waals surface area contributed by atoms with Crippen molar-refractivity contribution in [2.24, 2.45) is 0 Å². The summed E-state index contributed by atoms with van der Waals surface area (Å²) in [6.45, 7) is 0.348. The number of benzene rings is 2. The predicted octanol–water partition coefficient (Wildman–Crippen LogP) is 6.27. The van der Waals surface area contributed by atoms with Crippen LogP contribution in [0.15, 0.2) is 48.0 Å². The lowest BCUT2D eigenvalue weighted by Gasteiger charge is -2.13. The van der Waals surface area contributed by atoms with Crippen LogP contribution in [-0.2, 0) is 11.2 Å². The lowest BCUT2D eigenvalue weighted by atomic mass is 10.0. The van der Waals surface area contributed by atoms with E-state index in [1.165, 1.54) is 12.1 Å². The summed E-state index contributed by atoms with van der Waals surface area (Å²) in [6, 6.07) is 11.0. The summed E-state index contributed by atoms with van der Waals surface area (Å²) in [4.78, 5) is 10.7. The van der Waals surface area contributed by atoms with E-state index < -0.39 is 12.3 Å². The molecule has 0 radical (unpaired) electrons. The SMILES string of the molecule is O=C(O)CCc1ccc(OCC2=C(c3ccc(OC(F)(F)F)cc3)CCC2)cc1Cl. The molecule has 0 bridgehead atoms. The van der Waals surface area contributed by atoms with Crippen LogP contribution >= 0.6 is 11.6 Å². The number of halogens is 4. The molecule has 0 heterocycles. The number of aryl methyl sites for hydroxylation is 1. The molecule has 1 aliphatic carbocycles. The van der Waals surface area contributed by atoms with Crippen LogP contribution in [0.4, 0.5) is 13.2 Å². The van der Waals surface area contributed by atoms with Crippen molar-refractivity contribution < 1.29 is 32.5 Å². The number of carboxylic acid groups (broad SMARTS) is 1. The minimum Gasteiger partial charge on any atom is -0.489 e. The maximum atomic E-state index is 12.3. The van der Waals surface area contributed by atoms with E-state index >= 15 is 0 Å². The molecule has 0 atom stereocenters. The molecule has 0 saturated heterocycles. The zero-order valence-corrected chi connectivity index (χ0v) is 16.7. The fraction of sp³-hybridized carbons (Fsp3) is 0.318. The van der Waals surface area contributed by atoms with Crippen LogP contribution in [-0.4, -0.2) is 24.0 Å². The van der Waals surface area contributed by atoms with Gasteiger partial charge in [-0.1, -0.05) is 29.8 Å². The highest BCUT2D eigenvalue weighted by Crippen LogP contribution is 2.35. The second kappa shape index (κ2) is 9.43. The van der Waals surface area contributed by atoms with Crippen molar-refractivity contribution in [3.63, 3.8) is 0 Å². The quantitative estimate of drug-likeness (QED) is 0.525. The van der Waals surface area contributed by atoms with Gasteiger partial charge < -0.3 is 14.6 Å². The number of carbonyl (C=O) groups is 1. The maximum Gasteiger partial charge on any atom is 0.573 e. The average molecular weight is 441 g/mol. The first-order chi connectivity index (χ1) is 14.2. The minimum atomic E-state index is -4.71. The fourth-order valence-corrected chi connectivity index (χ4v) is 3.67. The van der Waals surface area contributed by atoms with Gasteiger partial charge in [-0.05, 0) is 72.2 Å². The summed E-state index contributed by atoms with van der Waals surface area (Å²) in [6.07, 6.45) is -1.74. The van der Waals surface area contributed by atoms with E-state index in [1.54, 1.807) is 30.3 Å². The van der Waals surface area contributed by atoms with Gasteiger partial charge in [-0.3, -0.25) is 4.79 Å². The topological polar surface area (TPSA) is 55.8 Å². The van der Waals surface area contributed by atoms with Gasteiger partial charge in [0.25, 0.3) is 0 Å². The first-order valence-electron chi connectivity index (χ1n) is 9.41. The predicted molar refractivity (Wildman–Crippen MR) is 107 cm³/mol. The first-order valence-corrected chi connectivity index (χ1v) is 9.79. The van der Waals surface area contributed by atoms with Gasteiger partial charge in [0.2, 0.25) is 0 Å². The Hall–Kier alpha value is -2.67. The summed E-state index contributed by atoms with van der Waals surface area (Å²) in [5, 5.41) is 9.23. The molecule has 0 aromatic heterocycles. The Kier molecular flexibility index (Phi) is 6.92. The van der Waals surface area contributed by atoms with Gasteiger partial charge in [0.05, 0.1) is 0 Å². The molecule has 0 aliphatic heterocycles. The number of hydrogen-bond donors (Lipinski definition) is 1. The number of allylic oxidation sites excluding steroid dienone is 1. The van der Waals surface area contributed by atoms with E-state index in [4.69, 9.17) is 21.4 Å². The van der Waals surface area contributed by atoms with Crippen molar-refractivity contribution in [3.05, 3.63) is 64.2 Å². The van der Waals surface area contributed by atoms with Crippen LogP contribution in [0.2, 0.25) is 5.02 Å². The molecule has 2 aromatic carbocycles. The van der Waals surface area contributed by atoms with E-state index in [9.17, 15) is 18.0 Å². The van der Waals surface area contributed by atoms with E-state index in [1.807, 2.05) is 0 Å². The number of alkyl halides is 3. The molecule has 8 heteroatoms. The number of aliphatic carboxylic acids is 1. The zero-order valence-electron chi connectivity index (χ0n) is 16.0. The van der Waals surface area contributed by atoms with E-state index in [0.717, 1.165) is 41.5 Å². The summed E-state index contributed by atoms with van der Waals surface area (Å²) in [5.74, 6) is -0.558. The largest absolute Gasteiger partial charge is 0.573 e. The monoisotopic (exact) mass is 440 g/mol. The van der Waals surface area contributed by atoms with Gasteiger partial charge in [-0.2, -0.15) is 0 Å². The summed E-state index contributed by atoms with van der Waals surface area (Å²) in [5.41, 5.74) is 3.75. The van der Waals surface area contributed by atoms with E-state index in [2.05, 4.69) is 4.74 Å². The Morgan fingerprint density at radius 1 is 1.07 bits per heavy atom. The fourth-order valence-electron chi connectivity index (χ4n) is 3.40. The van der Waals surface area contributed by atoms with Crippen LogP contribution in [0.3, 0.4) is 0 Å².